The maximum absolute atomic E-state index is 2.46. The summed E-state index contributed by atoms with van der Waals surface area (Å²) < 4.78 is 7.77. The number of nitrogens with zero attached hydrogens (tertiary/aromatic N) is 2. The van der Waals surface area contributed by atoms with Gasteiger partial charge in [-0.3, -0.25) is 0 Å². The largest absolute Gasteiger partial charge is 0.310 e. The molecule has 1 aliphatic carbocycles. The maximum atomic E-state index is 2.46. The zero-order valence-corrected chi connectivity index (χ0v) is 37.5. The van der Waals surface area contributed by atoms with Crippen LogP contribution in [0.5, 0.6) is 0 Å². The van der Waals surface area contributed by atoms with Crippen molar-refractivity contribution in [3.05, 3.63) is 217 Å². The number of fused-ring (bicyclic) bond motifs is 14. The highest BCUT2D eigenvalue weighted by molar-refractivity contribution is 7.26. The highest BCUT2D eigenvalue weighted by Crippen LogP contribution is 2.52. The highest BCUT2D eigenvalue weighted by Gasteiger charge is 2.36. The fourth-order valence-corrected chi connectivity index (χ4v) is 13.3. The highest BCUT2D eigenvalue weighted by atomic mass is 32.1. The van der Waals surface area contributed by atoms with Crippen molar-refractivity contribution in [2.75, 3.05) is 4.90 Å². The van der Waals surface area contributed by atoms with Crippen LogP contribution in [-0.4, -0.2) is 4.57 Å². The smallest absolute Gasteiger partial charge is 0.0547 e. The zero-order chi connectivity index (χ0) is 43.0. The molecule has 0 saturated heterocycles. The van der Waals surface area contributed by atoms with Gasteiger partial charge in [-0.2, -0.15) is 0 Å². The summed E-state index contributed by atoms with van der Waals surface area (Å²) in [6.45, 7) is 4.80. The summed E-state index contributed by atoms with van der Waals surface area (Å²) in [4.78, 5) is 2.42. The van der Waals surface area contributed by atoms with Gasteiger partial charge in [-0.1, -0.05) is 129 Å². The van der Waals surface area contributed by atoms with Gasteiger partial charge < -0.3 is 9.47 Å². The molecule has 0 spiro atoms. The second-order valence-electron chi connectivity index (χ2n) is 18.1. The number of hydrogen-bond donors (Lipinski definition) is 0. The van der Waals surface area contributed by atoms with Crippen LogP contribution in [0, 0.1) is 0 Å². The third-order valence-electron chi connectivity index (χ3n) is 14.1. The second kappa shape index (κ2) is 13.8. The molecule has 0 atom stereocenters. The van der Waals surface area contributed by atoms with E-state index in [0.717, 1.165) is 17.1 Å². The van der Waals surface area contributed by atoms with Gasteiger partial charge in [0.15, 0.2) is 0 Å². The molecule has 0 fully saturated rings. The topological polar surface area (TPSA) is 8.17 Å². The number of benzene rings is 10. The third-order valence-corrected chi connectivity index (χ3v) is 16.5. The fraction of sp³-hybridized carbons (Fsp3) is 0.0492. The first-order chi connectivity index (χ1) is 32.0. The Morgan fingerprint density at radius 3 is 1.80 bits per heavy atom. The lowest BCUT2D eigenvalue weighted by molar-refractivity contribution is 0.660. The molecule has 13 aromatic rings. The quantitative estimate of drug-likeness (QED) is 0.167. The Morgan fingerprint density at radius 2 is 0.985 bits per heavy atom. The van der Waals surface area contributed by atoms with Crippen molar-refractivity contribution in [1.29, 1.82) is 0 Å². The van der Waals surface area contributed by atoms with Crippen LogP contribution in [0.4, 0.5) is 17.1 Å². The minimum Gasteiger partial charge on any atom is -0.310 e. The van der Waals surface area contributed by atoms with E-state index in [9.17, 15) is 0 Å². The van der Waals surface area contributed by atoms with Crippen LogP contribution in [0.15, 0.2) is 206 Å². The summed E-state index contributed by atoms with van der Waals surface area (Å²) in [5.41, 5.74) is 14.7. The summed E-state index contributed by atoms with van der Waals surface area (Å²) in [6, 6.07) is 77.0. The first-order valence-corrected chi connectivity index (χ1v) is 24.0. The van der Waals surface area contributed by atoms with E-state index in [4.69, 9.17) is 0 Å². The summed E-state index contributed by atoms with van der Waals surface area (Å²) in [7, 11) is 0. The summed E-state index contributed by atoms with van der Waals surface area (Å²) >= 11 is 3.77. The summed E-state index contributed by atoms with van der Waals surface area (Å²) in [5, 5.41) is 10.4. The van der Waals surface area contributed by atoms with Gasteiger partial charge in [-0.25, -0.2) is 0 Å². The van der Waals surface area contributed by atoms with Crippen molar-refractivity contribution in [3.8, 4) is 27.9 Å². The lowest BCUT2D eigenvalue weighted by Gasteiger charge is -2.28. The van der Waals surface area contributed by atoms with Gasteiger partial charge >= 0.3 is 0 Å². The Hall–Kier alpha value is -7.50. The molecule has 4 heteroatoms. The van der Waals surface area contributed by atoms with E-state index in [1.54, 1.807) is 0 Å². The van der Waals surface area contributed by atoms with E-state index in [0.29, 0.717) is 0 Å². The lowest BCUT2D eigenvalue weighted by atomic mass is 9.81. The van der Waals surface area contributed by atoms with Crippen molar-refractivity contribution < 1.29 is 0 Å². The Bertz CT molecular complexity index is 4090. The Kier molecular flexibility index (Phi) is 7.81. The molecule has 0 radical (unpaired) electrons. The second-order valence-corrected chi connectivity index (χ2v) is 20.2. The molecule has 0 amide bonds. The minimum atomic E-state index is -0.210. The van der Waals surface area contributed by atoms with Gasteiger partial charge in [0.1, 0.15) is 0 Å². The molecule has 2 nitrogen and oxygen atoms in total. The summed E-state index contributed by atoms with van der Waals surface area (Å²) in [6.07, 6.45) is 0. The van der Waals surface area contributed by atoms with Gasteiger partial charge in [0.2, 0.25) is 0 Å². The molecule has 10 aromatic carbocycles. The standard InChI is InChI=1S/C61H40N2S2/c1-61(2)53-33-38(21-26-44(53)45-28-24-42(34-54(45)61)62(40-13-5-3-6-14-40)43-25-29-48-46-17-9-11-19-57(46)64-59(48)35-43)37-23-30-55-51(31-37)52-32-39-22-27-49-47-18-10-12-20-58(47)65-60(49)50(39)36-56(52)63(55)41-15-7-4-8-16-41/h3-36H,1-2H3. The van der Waals surface area contributed by atoms with Crippen molar-refractivity contribution in [2.45, 2.75) is 19.3 Å². The molecule has 0 N–H and O–H groups in total. The normalized spacial score (nSPS) is 13.2. The lowest BCUT2D eigenvalue weighted by Crippen LogP contribution is -2.16. The fourth-order valence-electron chi connectivity index (χ4n) is 11.0. The van der Waals surface area contributed by atoms with Crippen LogP contribution in [-0.2, 0) is 5.41 Å². The van der Waals surface area contributed by atoms with E-state index >= 15 is 0 Å². The number of para-hydroxylation sites is 2. The van der Waals surface area contributed by atoms with E-state index < -0.39 is 0 Å². The van der Waals surface area contributed by atoms with Crippen molar-refractivity contribution in [2.24, 2.45) is 0 Å². The predicted octanol–water partition coefficient (Wildman–Crippen LogP) is 18.1. The minimum absolute atomic E-state index is 0.210. The Morgan fingerprint density at radius 1 is 0.385 bits per heavy atom. The van der Waals surface area contributed by atoms with Crippen LogP contribution in [0.25, 0.3) is 101 Å². The Labute approximate surface area is 384 Å². The molecule has 0 bridgehead atoms. The number of rotatable bonds is 5. The number of aromatic nitrogens is 1. The van der Waals surface area contributed by atoms with Gasteiger partial charge in [0, 0.05) is 84.7 Å². The monoisotopic (exact) mass is 864 g/mol. The molecule has 0 saturated carbocycles. The SMILES string of the molecule is CC1(C)c2cc(-c3ccc4c(c3)c3cc5ccc6c7ccccc7sc6c5cc3n4-c3ccccc3)ccc2-c2ccc(N(c3ccccc3)c3ccc4c(c3)sc3ccccc34)cc21. The molecule has 65 heavy (non-hydrogen) atoms. The number of anilines is 3. The summed E-state index contributed by atoms with van der Waals surface area (Å²) in [5.74, 6) is 0. The van der Waals surface area contributed by atoms with E-state index in [-0.39, 0.29) is 5.41 Å². The number of hydrogen-bond acceptors (Lipinski definition) is 3. The van der Waals surface area contributed by atoms with E-state index in [1.807, 2.05) is 22.7 Å². The van der Waals surface area contributed by atoms with Gasteiger partial charge in [-0.15, -0.1) is 22.7 Å². The molecule has 0 unspecified atom stereocenters. The van der Waals surface area contributed by atoms with Gasteiger partial charge in [0.05, 0.1) is 11.0 Å². The predicted molar refractivity (Wildman–Crippen MR) is 282 cm³/mol. The van der Waals surface area contributed by atoms with Crippen molar-refractivity contribution >= 4 is 113 Å². The van der Waals surface area contributed by atoms with E-state index in [2.05, 4.69) is 230 Å². The zero-order valence-electron chi connectivity index (χ0n) is 35.8. The molecular formula is C61H40N2S2. The average molecular weight is 865 g/mol. The molecular weight excluding hydrogens is 825 g/mol. The van der Waals surface area contributed by atoms with Crippen LogP contribution in [0.2, 0.25) is 0 Å². The maximum Gasteiger partial charge on any atom is 0.0547 e. The average Bonchev–Trinajstić information content (AvgIpc) is 4.07. The Balaban J connectivity index is 0.889. The molecule has 3 heterocycles. The van der Waals surface area contributed by atoms with Crippen LogP contribution in [0.3, 0.4) is 0 Å². The molecule has 306 valence electrons. The van der Waals surface area contributed by atoms with Gasteiger partial charge in [-0.05, 0) is 130 Å². The number of thiophene rings is 2. The molecule has 3 aromatic heterocycles. The van der Waals surface area contributed by atoms with Crippen molar-refractivity contribution in [3.63, 3.8) is 0 Å². The first kappa shape index (κ1) is 36.9. The molecule has 1 aliphatic rings. The van der Waals surface area contributed by atoms with Gasteiger partial charge in [0.25, 0.3) is 0 Å². The van der Waals surface area contributed by atoms with Crippen LogP contribution >= 0.6 is 22.7 Å². The van der Waals surface area contributed by atoms with Crippen LogP contribution in [0.1, 0.15) is 25.0 Å². The van der Waals surface area contributed by atoms with E-state index in [1.165, 1.54) is 112 Å². The molecule has 0 aliphatic heterocycles. The first-order valence-electron chi connectivity index (χ1n) is 22.4. The van der Waals surface area contributed by atoms with Crippen molar-refractivity contribution in [1.82, 2.24) is 4.57 Å². The third kappa shape index (κ3) is 5.45. The molecule has 14 rings (SSSR count). The van der Waals surface area contributed by atoms with Crippen LogP contribution < -0.4 is 4.90 Å².